The second-order valence-electron chi connectivity index (χ2n) is 20.6. The summed E-state index contributed by atoms with van der Waals surface area (Å²) in [5.74, 6) is 4.29. The van der Waals surface area contributed by atoms with Gasteiger partial charge in [-0.25, -0.2) is 0 Å². The van der Waals surface area contributed by atoms with Crippen LogP contribution < -0.4 is 5.32 Å². The van der Waals surface area contributed by atoms with Crippen LogP contribution in [0.5, 0.6) is 0 Å². The van der Waals surface area contributed by atoms with E-state index in [1.807, 2.05) is 6.07 Å². The van der Waals surface area contributed by atoms with Crippen molar-refractivity contribution in [2.75, 3.05) is 0 Å². The molecule has 0 radical (unpaired) electrons. The van der Waals surface area contributed by atoms with E-state index in [-0.39, 0.29) is 50.3 Å². The molecule has 5 fully saturated rings. The number of fused-ring (bicyclic) bond motifs is 7. The number of rotatable bonds is 11. The second-order valence-corrected chi connectivity index (χ2v) is 20.6. The average Bonchev–Trinajstić information content (AvgIpc) is 3.41. The first-order valence-electron chi connectivity index (χ1n) is 20.5. The van der Waals surface area contributed by atoms with Crippen LogP contribution in [0.3, 0.4) is 0 Å². The quantitative estimate of drug-likeness (QED) is 0.179. The van der Waals surface area contributed by atoms with Gasteiger partial charge in [-0.2, -0.15) is 0 Å². The molecule has 0 spiro atoms. The van der Waals surface area contributed by atoms with E-state index >= 15 is 0 Å². The van der Waals surface area contributed by atoms with Crippen molar-refractivity contribution in [2.45, 2.75) is 152 Å². The first kappa shape index (κ1) is 38.2. The van der Waals surface area contributed by atoms with Gasteiger partial charge in [-0.05, 0) is 133 Å². The largest absolute Gasteiger partial charge is 0.513 e. The maximum absolute atomic E-state index is 13.7. The Morgan fingerprint density at radius 3 is 2.24 bits per heavy atom. The highest BCUT2D eigenvalue weighted by Crippen LogP contribution is 2.78. The van der Waals surface area contributed by atoms with Crippen molar-refractivity contribution in [3.63, 3.8) is 0 Å². The van der Waals surface area contributed by atoms with Crippen LogP contribution in [0.4, 0.5) is 0 Å². The van der Waals surface area contributed by atoms with Crippen molar-refractivity contribution >= 4 is 5.91 Å². The second kappa shape index (κ2) is 13.4. The van der Waals surface area contributed by atoms with E-state index in [1.54, 1.807) is 0 Å². The van der Waals surface area contributed by atoms with Gasteiger partial charge in [-0.15, -0.1) is 0 Å². The van der Waals surface area contributed by atoms with Gasteiger partial charge >= 0.3 is 0 Å². The van der Waals surface area contributed by atoms with Crippen LogP contribution in [0.1, 0.15) is 144 Å². The number of nitrogens with one attached hydrogen (secondary N) is 1. The fourth-order valence-electron chi connectivity index (χ4n) is 14.3. The first-order valence-corrected chi connectivity index (χ1v) is 20.5. The highest BCUT2D eigenvalue weighted by molar-refractivity contribution is 5.77. The van der Waals surface area contributed by atoms with Gasteiger partial charge in [0.1, 0.15) is 6.10 Å². The Labute approximate surface area is 311 Å². The normalized spacial score (nSPS) is 39.8. The zero-order valence-corrected chi connectivity index (χ0v) is 33.6. The lowest BCUT2D eigenvalue weighted by Gasteiger charge is -2.73. The Hall–Kier alpha value is -2.49. The molecule has 1 aromatic rings. The smallest absolute Gasteiger partial charge is 0.220 e. The lowest BCUT2D eigenvalue weighted by atomic mass is 9.32. The van der Waals surface area contributed by atoms with Gasteiger partial charge in [0.05, 0.1) is 11.5 Å². The lowest BCUT2D eigenvalue weighted by Crippen LogP contribution is -2.66. The van der Waals surface area contributed by atoms with Gasteiger partial charge in [0.2, 0.25) is 5.91 Å². The number of hydrogen-bond donors (Lipinski definition) is 2. The van der Waals surface area contributed by atoms with Gasteiger partial charge in [-0.3, -0.25) is 4.79 Å². The SMILES string of the molecule is C=C(O)CC(C)(C)CC(=C)O[C@H]1CC[C@@]2(C)C(CC[C@]3(C)C2CC[C@@H]2C4C(C(=C)C)CC[C@]4(CC(=O)NCc4ccccc4)CC[C@]23C)C1(C)C. The third-order valence-electron chi connectivity index (χ3n) is 16.7. The maximum atomic E-state index is 13.7. The number of carbonyl (C=O) groups is 1. The number of aliphatic hydroxyl groups excluding tert-OH is 1. The minimum atomic E-state index is -0.136. The highest BCUT2D eigenvalue weighted by atomic mass is 16.5. The molecule has 10 atom stereocenters. The molecule has 0 aliphatic heterocycles. The lowest BCUT2D eigenvalue weighted by molar-refractivity contribution is -0.249. The predicted octanol–water partition coefficient (Wildman–Crippen LogP) is 12.1. The van der Waals surface area contributed by atoms with E-state index in [9.17, 15) is 9.90 Å². The predicted molar refractivity (Wildman–Crippen MR) is 211 cm³/mol. The molecule has 2 N–H and O–H groups in total. The topological polar surface area (TPSA) is 58.6 Å². The first-order chi connectivity index (χ1) is 23.8. The van der Waals surface area contributed by atoms with Crippen molar-refractivity contribution in [2.24, 2.45) is 62.1 Å². The van der Waals surface area contributed by atoms with Crippen LogP contribution in [0.2, 0.25) is 0 Å². The van der Waals surface area contributed by atoms with Crippen molar-refractivity contribution in [1.29, 1.82) is 0 Å². The summed E-state index contributed by atoms with van der Waals surface area (Å²) in [5, 5.41) is 13.2. The molecule has 51 heavy (non-hydrogen) atoms. The highest BCUT2D eigenvalue weighted by Gasteiger charge is 2.71. The Balaban J connectivity index is 1.21. The van der Waals surface area contributed by atoms with E-state index in [0.29, 0.717) is 49.0 Å². The molecule has 0 aromatic heterocycles. The van der Waals surface area contributed by atoms with Crippen molar-refractivity contribution in [1.82, 2.24) is 5.32 Å². The van der Waals surface area contributed by atoms with E-state index < -0.39 is 0 Å². The Bertz CT molecular complexity index is 1510. The van der Waals surface area contributed by atoms with Gasteiger partial charge in [0.25, 0.3) is 0 Å². The van der Waals surface area contributed by atoms with Crippen LogP contribution in [0.15, 0.2) is 67.2 Å². The molecule has 4 nitrogen and oxygen atoms in total. The maximum Gasteiger partial charge on any atom is 0.220 e. The summed E-state index contributed by atoms with van der Waals surface area (Å²) in [6.45, 7) is 32.9. The zero-order chi connectivity index (χ0) is 37.2. The van der Waals surface area contributed by atoms with Crippen molar-refractivity contribution in [3.8, 4) is 0 Å². The summed E-state index contributed by atoms with van der Waals surface area (Å²) in [5.41, 5.74) is 3.30. The molecule has 282 valence electrons. The number of carbonyl (C=O) groups excluding carboxylic acids is 1. The molecule has 0 bridgehead atoms. The van der Waals surface area contributed by atoms with E-state index in [1.165, 1.54) is 62.5 Å². The Morgan fingerprint density at radius 1 is 0.863 bits per heavy atom. The monoisotopic (exact) mass is 698 g/mol. The molecule has 4 heteroatoms. The van der Waals surface area contributed by atoms with Crippen LogP contribution in [-0.2, 0) is 16.1 Å². The van der Waals surface area contributed by atoms with Gasteiger partial charge in [-0.1, -0.05) is 104 Å². The molecule has 4 unspecified atom stereocenters. The third kappa shape index (κ3) is 6.56. The van der Waals surface area contributed by atoms with E-state index in [0.717, 1.165) is 25.0 Å². The molecular weight excluding hydrogens is 627 g/mol. The number of hydrogen-bond acceptors (Lipinski definition) is 3. The standard InChI is InChI=1S/C47H71NO3/c1-31(2)35-19-24-47(29-40(50)48-30-34-15-13-12-14-16-34)26-25-45(10)36(41(35)47)17-18-38-44(9)22-21-39(43(7,8)37(44)20-23-46(38,45)11)51-33(4)28-42(5,6)27-32(3)49/h12-16,35-39,41,49H,1,3-4,17-30H2,2,5-11H3,(H,48,50)/t35?,36-,37?,38?,39+,41?,44+,45-,46-,47-/m1/s1. The van der Waals surface area contributed by atoms with Crippen LogP contribution in [0, 0.1) is 62.1 Å². The summed E-state index contributed by atoms with van der Waals surface area (Å²) in [4.78, 5) is 13.7. The van der Waals surface area contributed by atoms with Crippen molar-refractivity contribution in [3.05, 3.63) is 72.7 Å². The van der Waals surface area contributed by atoms with E-state index in [2.05, 4.69) is 105 Å². The summed E-state index contributed by atoms with van der Waals surface area (Å²) < 4.78 is 6.80. The summed E-state index contributed by atoms with van der Waals surface area (Å²) in [6, 6.07) is 10.3. The summed E-state index contributed by atoms with van der Waals surface area (Å²) in [6.07, 6.45) is 14.2. The van der Waals surface area contributed by atoms with Crippen LogP contribution in [0.25, 0.3) is 0 Å². The Morgan fingerprint density at radius 2 is 1.57 bits per heavy atom. The van der Waals surface area contributed by atoms with Crippen molar-refractivity contribution < 1.29 is 14.6 Å². The van der Waals surface area contributed by atoms with Gasteiger partial charge in [0.15, 0.2) is 0 Å². The molecule has 0 heterocycles. The average molecular weight is 698 g/mol. The summed E-state index contributed by atoms with van der Waals surface area (Å²) in [7, 11) is 0. The molecule has 5 aliphatic rings. The molecule has 1 aromatic carbocycles. The number of amides is 1. The van der Waals surface area contributed by atoms with E-state index in [4.69, 9.17) is 4.74 Å². The number of aliphatic hydroxyl groups is 1. The number of ether oxygens (including phenoxy) is 1. The fourth-order valence-corrected chi connectivity index (χ4v) is 14.3. The number of allylic oxidation sites excluding steroid dienone is 3. The van der Waals surface area contributed by atoms with Gasteiger partial charge < -0.3 is 15.2 Å². The fraction of sp³-hybridized carbons (Fsp3) is 0.723. The number of benzene rings is 1. The zero-order valence-electron chi connectivity index (χ0n) is 33.6. The minimum Gasteiger partial charge on any atom is -0.513 e. The molecule has 0 saturated heterocycles. The molecule has 5 aliphatic carbocycles. The van der Waals surface area contributed by atoms with Crippen LogP contribution >= 0.6 is 0 Å². The minimum absolute atomic E-state index is 0.0467. The Kier molecular flexibility index (Phi) is 10.1. The molecule has 5 saturated carbocycles. The molecule has 6 rings (SSSR count). The third-order valence-corrected chi connectivity index (χ3v) is 16.7. The van der Waals surface area contributed by atoms with Gasteiger partial charge in [0, 0.05) is 31.2 Å². The molecule has 1 amide bonds. The van der Waals surface area contributed by atoms with Crippen LogP contribution in [-0.4, -0.2) is 17.1 Å². The summed E-state index contributed by atoms with van der Waals surface area (Å²) >= 11 is 0. The molecular formula is C47H71NO3.